The van der Waals surface area contributed by atoms with E-state index in [4.69, 9.17) is 4.74 Å². The van der Waals surface area contributed by atoms with Crippen molar-refractivity contribution in [2.45, 2.75) is 44.6 Å². The van der Waals surface area contributed by atoms with E-state index in [1.54, 1.807) is 0 Å². The lowest BCUT2D eigenvalue weighted by atomic mass is 9.86. The van der Waals surface area contributed by atoms with Crippen LogP contribution in [-0.4, -0.2) is 30.3 Å². The first-order valence-corrected chi connectivity index (χ1v) is 8.31. The van der Waals surface area contributed by atoms with E-state index in [1.807, 2.05) is 30.3 Å². The van der Waals surface area contributed by atoms with Crippen molar-refractivity contribution in [2.75, 3.05) is 13.2 Å². The predicted octanol–water partition coefficient (Wildman–Crippen LogP) is 2.51. The molecule has 0 bridgehead atoms. The van der Waals surface area contributed by atoms with E-state index in [9.17, 15) is 9.90 Å². The van der Waals surface area contributed by atoms with Gasteiger partial charge >= 0.3 is 0 Å². The zero-order chi connectivity index (χ0) is 15.4. The minimum absolute atomic E-state index is 0.0189. The summed E-state index contributed by atoms with van der Waals surface area (Å²) in [5.41, 5.74) is 0.110. The summed E-state index contributed by atoms with van der Waals surface area (Å²) in [5, 5.41) is 12.8. The molecule has 0 aromatic heterocycles. The third-order valence-corrected chi connectivity index (χ3v) is 4.90. The fourth-order valence-corrected chi connectivity index (χ4v) is 3.12. The first kappa shape index (κ1) is 15.3. The Kier molecular flexibility index (Phi) is 4.67. The van der Waals surface area contributed by atoms with Crippen LogP contribution in [0.15, 0.2) is 30.3 Å². The smallest absolute Gasteiger partial charge is 0.223 e. The van der Waals surface area contributed by atoms with Crippen LogP contribution < -0.4 is 10.1 Å². The predicted molar refractivity (Wildman–Crippen MR) is 84.6 cm³/mol. The lowest BCUT2D eigenvalue weighted by molar-refractivity contribution is -0.127. The van der Waals surface area contributed by atoms with Gasteiger partial charge in [-0.25, -0.2) is 0 Å². The van der Waals surface area contributed by atoms with Gasteiger partial charge < -0.3 is 15.2 Å². The van der Waals surface area contributed by atoms with Gasteiger partial charge in [0.1, 0.15) is 5.75 Å². The summed E-state index contributed by atoms with van der Waals surface area (Å²) in [4.78, 5) is 12.2. The van der Waals surface area contributed by atoms with Crippen LogP contribution in [0.3, 0.4) is 0 Å². The van der Waals surface area contributed by atoms with Crippen molar-refractivity contribution >= 4 is 5.91 Å². The van der Waals surface area contributed by atoms with Gasteiger partial charge in [-0.2, -0.15) is 0 Å². The lowest BCUT2D eigenvalue weighted by Crippen LogP contribution is -2.39. The molecule has 0 aliphatic heterocycles. The number of aliphatic hydroxyl groups excluding tert-OH is 1. The van der Waals surface area contributed by atoms with Crippen molar-refractivity contribution in [1.82, 2.24) is 5.32 Å². The molecule has 2 atom stereocenters. The van der Waals surface area contributed by atoms with Gasteiger partial charge in [0.05, 0.1) is 12.7 Å². The summed E-state index contributed by atoms with van der Waals surface area (Å²) in [7, 11) is 0. The number of para-hydroxylation sites is 1. The summed E-state index contributed by atoms with van der Waals surface area (Å²) in [5.74, 6) is 0.967. The Morgan fingerprint density at radius 2 is 2.05 bits per heavy atom. The van der Waals surface area contributed by atoms with Crippen LogP contribution >= 0.6 is 0 Å². The number of ether oxygens (including phenoxy) is 1. The number of nitrogens with one attached hydrogen (secondary N) is 1. The topological polar surface area (TPSA) is 58.6 Å². The molecule has 4 heteroatoms. The number of carbonyl (C=O) groups excluding carboxylic acids is 1. The summed E-state index contributed by atoms with van der Waals surface area (Å²) in [6.45, 7) is 1.34. The monoisotopic (exact) mass is 303 g/mol. The number of amides is 1. The molecule has 1 amide bonds. The molecule has 0 saturated heterocycles. The number of benzene rings is 1. The van der Waals surface area contributed by atoms with Crippen molar-refractivity contribution in [3.63, 3.8) is 0 Å². The molecule has 0 unspecified atom stereocenters. The molecular formula is C18H25NO3. The third kappa shape index (κ3) is 4.01. The van der Waals surface area contributed by atoms with E-state index in [0.29, 0.717) is 19.6 Å². The molecule has 22 heavy (non-hydrogen) atoms. The minimum Gasteiger partial charge on any atom is -0.493 e. The minimum atomic E-state index is -0.305. The number of hydrogen-bond donors (Lipinski definition) is 2. The Morgan fingerprint density at radius 1 is 1.27 bits per heavy atom. The van der Waals surface area contributed by atoms with Gasteiger partial charge in [-0.05, 0) is 44.2 Å². The zero-order valence-corrected chi connectivity index (χ0v) is 13.0. The second-order valence-corrected chi connectivity index (χ2v) is 6.84. The maximum atomic E-state index is 12.2. The van der Waals surface area contributed by atoms with E-state index < -0.39 is 0 Å². The molecule has 2 saturated carbocycles. The molecule has 2 aliphatic carbocycles. The molecule has 4 nitrogen and oxygen atoms in total. The Labute approximate surface area is 131 Å². The molecular weight excluding hydrogens is 278 g/mol. The second-order valence-electron chi connectivity index (χ2n) is 6.84. The second kappa shape index (κ2) is 6.69. The highest BCUT2D eigenvalue weighted by Crippen LogP contribution is 2.45. The number of rotatable bonds is 6. The largest absolute Gasteiger partial charge is 0.493 e. The summed E-state index contributed by atoms with van der Waals surface area (Å²) >= 11 is 0. The maximum absolute atomic E-state index is 12.2. The van der Waals surface area contributed by atoms with Gasteiger partial charge in [-0.15, -0.1) is 0 Å². The van der Waals surface area contributed by atoms with Crippen LogP contribution in [0.5, 0.6) is 5.75 Å². The van der Waals surface area contributed by atoms with E-state index in [1.165, 1.54) is 0 Å². The van der Waals surface area contributed by atoms with E-state index in [0.717, 1.165) is 37.9 Å². The highest BCUT2D eigenvalue weighted by atomic mass is 16.5. The van der Waals surface area contributed by atoms with Gasteiger partial charge in [0.25, 0.3) is 0 Å². The number of hydrogen-bond acceptors (Lipinski definition) is 3. The van der Waals surface area contributed by atoms with Crippen molar-refractivity contribution in [3.8, 4) is 5.75 Å². The summed E-state index contributed by atoms with van der Waals surface area (Å²) < 4.78 is 5.84. The molecule has 2 fully saturated rings. The number of carbonyl (C=O) groups is 1. The van der Waals surface area contributed by atoms with Crippen LogP contribution in [-0.2, 0) is 4.79 Å². The lowest BCUT2D eigenvalue weighted by Gasteiger charge is -2.26. The van der Waals surface area contributed by atoms with Crippen LogP contribution in [0.1, 0.15) is 38.5 Å². The summed E-state index contributed by atoms with van der Waals surface area (Å²) in [6.07, 6.45) is 5.19. The Morgan fingerprint density at radius 3 is 2.73 bits per heavy atom. The normalized spacial score (nSPS) is 26.2. The Balaban J connectivity index is 1.43. The van der Waals surface area contributed by atoms with Gasteiger partial charge in [-0.1, -0.05) is 24.6 Å². The molecule has 2 N–H and O–H groups in total. The molecule has 3 rings (SSSR count). The first-order valence-electron chi connectivity index (χ1n) is 8.31. The van der Waals surface area contributed by atoms with Crippen LogP contribution in [0, 0.1) is 11.3 Å². The molecule has 1 aromatic carbocycles. The average Bonchev–Trinajstić information content (AvgIpc) is 3.32. The van der Waals surface area contributed by atoms with Crippen LogP contribution in [0.2, 0.25) is 0 Å². The van der Waals surface area contributed by atoms with E-state index in [-0.39, 0.29) is 23.3 Å². The molecule has 1 aromatic rings. The first-order chi connectivity index (χ1) is 10.7. The molecule has 0 heterocycles. The molecule has 120 valence electrons. The van der Waals surface area contributed by atoms with Crippen molar-refractivity contribution in [2.24, 2.45) is 11.3 Å². The van der Waals surface area contributed by atoms with Crippen molar-refractivity contribution in [3.05, 3.63) is 30.3 Å². The molecule has 2 aliphatic rings. The van der Waals surface area contributed by atoms with Gasteiger partial charge in [-0.3, -0.25) is 4.79 Å². The van der Waals surface area contributed by atoms with E-state index >= 15 is 0 Å². The average molecular weight is 303 g/mol. The van der Waals surface area contributed by atoms with Crippen molar-refractivity contribution < 1.29 is 14.6 Å². The quantitative estimate of drug-likeness (QED) is 0.849. The Hall–Kier alpha value is -1.55. The van der Waals surface area contributed by atoms with Crippen LogP contribution in [0.25, 0.3) is 0 Å². The maximum Gasteiger partial charge on any atom is 0.223 e. The fourth-order valence-electron chi connectivity index (χ4n) is 3.12. The summed E-state index contributed by atoms with van der Waals surface area (Å²) in [6, 6.07) is 9.81. The Bertz CT molecular complexity index is 498. The number of aliphatic hydroxyl groups is 1. The van der Waals surface area contributed by atoms with Crippen LogP contribution in [0.4, 0.5) is 0 Å². The highest BCUT2D eigenvalue weighted by molar-refractivity contribution is 5.78. The van der Waals surface area contributed by atoms with E-state index in [2.05, 4.69) is 5.32 Å². The van der Waals surface area contributed by atoms with Gasteiger partial charge in [0, 0.05) is 17.9 Å². The SMILES string of the molecule is O=C(NCC1(COc2ccccc2)CC1)[C@H]1CCC[C@@H](O)C1. The molecule has 0 spiro atoms. The van der Waals surface area contributed by atoms with Crippen molar-refractivity contribution in [1.29, 1.82) is 0 Å². The highest BCUT2D eigenvalue weighted by Gasteiger charge is 2.44. The fraction of sp³-hybridized carbons (Fsp3) is 0.611. The standard InChI is InChI=1S/C18H25NO3/c20-15-6-4-5-14(11-15)17(21)19-12-18(9-10-18)13-22-16-7-2-1-3-8-16/h1-3,7-8,14-15,20H,4-6,9-13H2,(H,19,21)/t14-,15+/m0/s1. The molecule has 0 radical (unpaired) electrons. The van der Waals surface area contributed by atoms with Gasteiger partial charge in [0.2, 0.25) is 5.91 Å². The zero-order valence-electron chi connectivity index (χ0n) is 13.0. The third-order valence-electron chi connectivity index (χ3n) is 4.90. The van der Waals surface area contributed by atoms with Gasteiger partial charge in [0.15, 0.2) is 0 Å².